The number of fused-ring (bicyclic) bond motifs is 1. The van der Waals surface area contributed by atoms with Crippen LogP contribution in [0.25, 0.3) is 11.0 Å². The number of amides is 1. The molecular weight excluding hydrogens is 459 g/mol. The number of furan rings is 1. The van der Waals surface area contributed by atoms with Crippen LogP contribution in [-0.2, 0) is 6.61 Å². The minimum atomic E-state index is -0.555. The van der Waals surface area contributed by atoms with Crippen LogP contribution in [0.2, 0.25) is 0 Å². The molecule has 0 fully saturated rings. The van der Waals surface area contributed by atoms with Crippen molar-refractivity contribution in [3.8, 4) is 11.5 Å². The predicted octanol–water partition coefficient (Wildman–Crippen LogP) is 4.61. The summed E-state index contributed by atoms with van der Waals surface area (Å²) in [6, 6.07) is 20.5. The third-order valence-corrected chi connectivity index (χ3v) is 5.29. The number of hydrogen-bond donors (Lipinski definition) is 3. The van der Waals surface area contributed by atoms with Crippen LogP contribution in [0, 0.1) is 5.82 Å². The van der Waals surface area contributed by atoms with E-state index in [1.165, 1.54) is 12.1 Å². The lowest BCUT2D eigenvalue weighted by atomic mass is 10.1. The van der Waals surface area contributed by atoms with Crippen molar-refractivity contribution in [1.29, 1.82) is 0 Å². The average Bonchev–Trinajstić information content (AvgIpc) is 3.33. The van der Waals surface area contributed by atoms with Gasteiger partial charge in [-0.05, 0) is 48.5 Å². The van der Waals surface area contributed by atoms with Gasteiger partial charge in [0.05, 0.1) is 6.54 Å². The van der Waals surface area contributed by atoms with Gasteiger partial charge < -0.3 is 19.2 Å². The molecule has 7 nitrogen and oxygen atoms in total. The van der Waals surface area contributed by atoms with Crippen LogP contribution in [-0.4, -0.2) is 29.3 Å². The van der Waals surface area contributed by atoms with Crippen LogP contribution < -0.4 is 20.3 Å². The lowest BCUT2D eigenvalue weighted by Crippen LogP contribution is -2.27. The van der Waals surface area contributed by atoms with Crippen molar-refractivity contribution in [2.45, 2.75) is 6.61 Å². The van der Waals surface area contributed by atoms with Crippen LogP contribution >= 0.6 is 12.2 Å². The van der Waals surface area contributed by atoms with E-state index >= 15 is 0 Å². The van der Waals surface area contributed by atoms with Crippen LogP contribution in [0.1, 0.15) is 21.7 Å². The second kappa shape index (κ2) is 10.8. The molecule has 0 bridgehead atoms. The average molecular weight is 481 g/mol. The first-order chi connectivity index (χ1) is 16.5. The molecule has 9 heteroatoms. The molecule has 1 amide bonds. The second-order valence-electron chi connectivity index (χ2n) is 7.23. The van der Waals surface area contributed by atoms with Gasteiger partial charge >= 0.3 is 0 Å². The maximum Gasteiger partial charge on any atom is 0.287 e. The van der Waals surface area contributed by atoms with Crippen molar-refractivity contribution in [3.63, 3.8) is 0 Å². The molecular formula is C25H21FN2O5S. The molecule has 3 aromatic carbocycles. The summed E-state index contributed by atoms with van der Waals surface area (Å²) in [4.78, 5) is 12.7. The highest BCUT2D eigenvalue weighted by Crippen LogP contribution is 2.27. The van der Waals surface area contributed by atoms with Crippen LogP contribution in [0.3, 0.4) is 0 Å². The van der Waals surface area contributed by atoms with E-state index in [-0.39, 0.29) is 36.1 Å². The third-order valence-electron chi connectivity index (χ3n) is 4.96. The number of nitrogens with one attached hydrogen (secondary N) is 2. The van der Waals surface area contributed by atoms with Gasteiger partial charge in [-0.25, -0.2) is 4.39 Å². The molecule has 4 rings (SSSR count). The zero-order chi connectivity index (χ0) is 23.9. The van der Waals surface area contributed by atoms with E-state index in [1.807, 2.05) is 35.8 Å². The van der Waals surface area contributed by atoms with E-state index in [4.69, 9.17) is 31.3 Å². The van der Waals surface area contributed by atoms with Gasteiger partial charge in [0.15, 0.2) is 17.2 Å². The summed E-state index contributed by atoms with van der Waals surface area (Å²) in [5.74, 6) is 0.218. The van der Waals surface area contributed by atoms with Gasteiger partial charge in [0.2, 0.25) is 0 Å². The molecule has 3 N–H and O–H groups in total. The van der Waals surface area contributed by atoms with Crippen molar-refractivity contribution >= 4 is 34.1 Å². The third kappa shape index (κ3) is 5.51. The topological polar surface area (TPSA) is 93.0 Å². The minimum Gasteiger partial charge on any atom is -0.492 e. The Morgan fingerprint density at radius 3 is 2.47 bits per heavy atom. The van der Waals surface area contributed by atoms with Gasteiger partial charge in [0.1, 0.15) is 29.7 Å². The molecule has 1 heterocycles. The summed E-state index contributed by atoms with van der Waals surface area (Å²) in [7, 11) is 0. The van der Waals surface area contributed by atoms with Crippen molar-refractivity contribution in [3.05, 3.63) is 95.5 Å². The summed E-state index contributed by atoms with van der Waals surface area (Å²) in [6.45, 7) is 0.617. The molecule has 0 atom stereocenters. The fourth-order valence-electron chi connectivity index (χ4n) is 3.25. The van der Waals surface area contributed by atoms with Gasteiger partial charge in [-0.3, -0.25) is 15.5 Å². The van der Waals surface area contributed by atoms with Gasteiger partial charge in [-0.15, -0.1) is 0 Å². The molecule has 34 heavy (non-hydrogen) atoms. The summed E-state index contributed by atoms with van der Waals surface area (Å²) in [6.07, 6.45) is 0. The molecule has 4 aromatic rings. The highest BCUT2D eigenvalue weighted by Gasteiger charge is 2.17. The Balaban J connectivity index is 1.35. The van der Waals surface area contributed by atoms with Crippen LogP contribution in [0.4, 0.5) is 4.39 Å². The Labute approximate surface area is 200 Å². The molecule has 0 aliphatic heterocycles. The monoisotopic (exact) mass is 480 g/mol. The van der Waals surface area contributed by atoms with Gasteiger partial charge in [0.25, 0.3) is 5.91 Å². The summed E-state index contributed by atoms with van der Waals surface area (Å²) in [5.41, 5.74) is 3.26. The first-order valence-electron chi connectivity index (χ1n) is 10.4. The summed E-state index contributed by atoms with van der Waals surface area (Å²) < 4.78 is 31.1. The molecule has 0 saturated heterocycles. The number of halogens is 1. The maximum atomic E-state index is 14.3. The van der Waals surface area contributed by atoms with E-state index in [0.717, 1.165) is 0 Å². The smallest absolute Gasteiger partial charge is 0.287 e. The molecule has 0 unspecified atom stereocenters. The first kappa shape index (κ1) is 23.2. The molecule has 1 aromatic heterocycles. The number of hydrogen-bond acceptors (Lipinski definition) is 6. The molecule has 0 saturated carbocycles. The molecule has 0 spiro atoms. The van der Waals surface area contributed by atoms with Crippen molar-refractivity contribution < 1.29 is 28.3 Å². The number of carbonyl (C=O) groups is 1. The normalized spacial score (nSPS) is 10.6. The number of ether oxygens (including phenoxy) is 2. The lowest BCUT2D eigenvalue weighted by Gasteiger charge is -2.08. The summed E-state index contributed by atoms with van der Waals surface area (Å²) in [5, 5.41) is 12.0. The number of thiocarbonyl (C=S) groups is 1. The fourth-order valence-corrected chi connectivity index (χ4v) is 3.39. The van der Waals surface area contributed by atoms with Crippen LogP contribution in [0.5, 0.6) is 11.5 Å². The van der Waals surface area contributed by atoms with Gasteiger partial charge in [-0.2, -0.15) is 0 Å². The van der Waals surface area contributed by atoms with E-state index in [1.54, 1.807) is 30.3 Å². The zero-order valence-electron chi connectivity index (χ0n) is 17.9. The van der Waals surface area contributed by atoms with E-state index in [9.17, 15) is 9.18 Å². The Morgan fingerprint density at radius 1 is 1.00 bits per heavy atom. The number of hydroxylamine groups is 1. The maximum absolute atomic E-state index is 14.3. The Kier molecular flexibility index (Phi) is 7.36. The highest BCUT2D eigenvalue weighted by atomic mass is 32.1. The molecule has 0 radical (unpaired) electrons. The van der Waals surface area contributed by atoms with E-state index < -0.39 is 11.7 Å². The fraction of sp³-hybridized carbons (Fsp3) is 0.120. The Bertz CT molecular complexity index is 1290. The number of benzene rings is 3. The zero-order valence-corrected chi connectivity index (χ0v) is 18.7. The molecule has 0 aliphatic carbocycles. The molecule has 174 valence electrons. The standard InChI is InChI=1S/C25H21FN2O5S/c26-21-11-8-17(15-32-18-4-2-1-3-5-18)20-14-22(33-23(20)21)24(29)27-12-13-31-19-9-6-16(7-10-19)25(34)28-30/h1-11,14,30H,12-13,15H2,(H,27,29)(H,28,34). The lowest BCUT2D eigenvalue weighted by molar-refractivity contribution is 0.0921. The first-order valence-corrected chi connectivity index (χ1v) is 10.8. The van der Waals surface area contributed by atoms with Gasteiger partial charge in [-0.1, -0.05) is 36.5 Å². The molecule has 0 aliphatic rings. The number of para-hydroxylation sites is 1. The van der Waals surface area contributed by atoms with E-state index in [2.05, 4.69) is 5.32 Å². The largest absolute Gasteiger partial charge is 0.492 e. The highest BCUT2D eigenvalue weighted by molar-refractivity contribution is 7.80. The minimum absolute atomic E-state index is 0.00423. The van der Waals surface area contributed by atoms with Crippen molar-refractivity contribution in [1.82, 2.24) is 10.8 Å². The predicted molar refractivity (Wildman–Crippen MR) is 128 cm³/mol. The SMILES string of the molecule is O=C(NCCOc1ccc(C(=S)NO)cc1)c1cc2c(COc3ccccc3)ccc(F)c2o1. The van der Waals surface area contributed by atoms with Gasteiger partial charge in [0, 0.05) is 16.5 Å². The Hall–Kier alpha value is -3.95. The quantitative estimate of drug-likeness (QED) is 0.183. The second-order valence-corrected chi connectivity index (χ2v) is 7.64. The van der Waals surface area contributed by atoms with E-state index in [0.29, 0.717) is 28.0 Å². The van der Waals surface area contributed by atoms with Crippen LogP contribution in [0.15, 0.2) is 77.2 Å². The number of rotatable bonds is 9. The Morgan fingerprint density at radius 2 is 1.74 bits per heavy atom. The van der Waals surface area contributed by atoms with Crippen molar-refractivity contribution in [2.24, 2.45) is 0 Å². The summed E-state index contributed by atoms with van der Waals surface area (Å²) >= 11 is 4.93. The number of carbonyl (C=O) groups excluding carboxylic acids is 1. The van der Waals surface area contributed by atoms with Crippen molar-refractivity contribution in [2.75, 3.05) is 13.2 Å².